The fourth-order valence-electron chi connectivity index (χ4n) is 3.37. The number of ether oxygens (including phenoxy) is 1. The monoisotopic (exact) mass is 417 g/mol. The molecule has 5 nitrogen and oxygen atoms in total. The Morgan fingerprint density at radius 1 is 0.964 bits per heavy atom. The summed E-state index contributed by atoms with van der Waals surface area (Å²) in [5.74, 6) is -0.757. The molecule has 2 N–H and O–H groups in total. The predicted molar refractivity (Wildman–Crippen MR) is 105 cm³/mol. The molecule has 0 atom stereocenters. The molecule has 0 bridgehead atoms. The van der Waals surface area contributed by atoms with Crippen LogP contribution < -0.4 is 5.14 Å². The third-order valence-electron chi connectivity index (χ3n) is 4.62. The number of halogens is 1. The van der Waals surface area contributed by atoms with Crippen LogP contribution in [0.1, 0.15) is 29.1 Å². The van der Waals surface area contributed by atoms with Gasteiger partial charge in [0.25, 0.3) is 0 Å². The summed E-state index contributed by atoms with van der Waals surface area (Å²) in [6.07, 6.45) is 0. The molecule has 144 valence electrons. The molecule has 0 radical (unpaired) electrons. The topological polar surface area (TPSA) is 86.5 Å². The number of nitrogens with two attached hydrogens (primary N) is 1. The van der Waals surface area contributed by atoms with Crippen molar-refractivity contribution in [3.8, 4) is 21.6 Å². The van der Waals surface area contributed by atoms with E-state index >= 15 is 0 Å². The highest BCUT2D eigenvalue weighted by atomic mass is 32.2. The van der Waals surface area contributed by atoms with Gasteiger partial charge in [0, 0.05) is 16.0 Å². The lowest BCUT2D eigenvalue weighted by molar-refractivity contribution is 0.00983. The summed E-state index contributed by atoms with van der Waals surface area (Å²) in [4.78, 5) is 13.7. The van der Waals surface area contributed by atoms with Crippen LogP contribution in [0.3, 0.4) is 0 Å². The van der Waals surface area contributed by atoms with E-state index in [1.807, 2.05) is 0 Å². The van der Waals surface area contributed by atoms with Crippen molar-refractivity contribution < 1.29 is 22.3 Å². The summed E-state index contributed by atoms with van der Waals surface area (Å²) < 4.78 is 42.0. The zero-order chi connectivity index (χ0) is 20.3. The van der Waals surface area contributed by atoms with Crippen molar-refractivity contribution in [1.29, 1.82) is 0 Å². The van der Waals surface area contributed by atoms with Crippen molar-refractivity contribution in [2.24, 2.45) is 5.14 Å². The van der Waals surface area contributed by atoms with E-state index in [0.717, 1.165) is 27.1 Å². The molecule has 2 heterocycles. The molecular weight excluding hydrogens is 401 g/mol. The Kier molecular flexibility index (Phi) is 4.18. The Labute approximate surface area is 165 Å². The van der Waals surface area contributed by atoms with Crippen LogP contribution in [0.5, 0.6) is 0 Å². The van der Waals surface area contributed by atoms with Gasteiger partial charge in [-0.05, 0) is 49.2 Å². The molecule has 1 aliphatic rings. The normalized spacial score (nSPS) is 15.4. The van der Waals surface area contributed by atoms with Gasteiger partial charge < -0.3 is 4.74 Å². The van der Waals surface area contributed by atoms with Crippen LogP contribution in [0, 0.1) is 5.82 Å². The average Bonchev–Trinajstić information content (AvgIpc) is 3.12. The van der Waals surface area contributed by atoms with E-state index < -0.39 is 21.6 Å². The predicted octanol–water partition coefficient (Wildman–Crippen LogP) is 4.27. The lowest BCUT2D eigenvalue weighted by Gasteiger charge is -2.20. The lowest BCUT2D eigenvalue weighted by Crippen LogP contribution is -2.17. The number of cyclic esters (lactones) is 1. The van der Waals surface area contributed by atoms with E-state index in [1.54, 1.807) is 38.1 Å². The number of esters is 1. The standard InChI is InChI=1S/C20H16FNO4S2/c1-20(2)16-15(11-5-9-14(10-6-11)28(22,24)25)17(27-18(16)19(23)26-20)12-3-7-13(21)8-4-12/h3-10H,1-2H3,(H2,22,24,25). The van der Waals surface area contributed by atoms with Gasteiger partial charge in [0.1, 0.15) is 16.3 Å². The second kappa shape index (κ2) is 6.23. The van der Waals surface area contributed by atoms with Crippen LogP contribution in [0.2, 0.25) is 0 Å². The van der Waals surface area contributed by atoms with Crippen LogP contribution in [0.4, 0.5) is 4.39 Å². The first-order valence-corrected chi connectivity index (χ1v) is 10.7. The first-order chi connectivity index (χ1) is 13.1. The quantitative estimate of drug-likeness (QED) is 0.645. The first kappa shape index (κ1) is 18.8. The Morgan fingerprint density at radius 2 is 1.54 bits per heavy atom. The molecular formula is C20H16FNO4S2. The summed E-state index contributed by atoms with van der Waals surface area (Å²) in [6.45, 7) is 3.61. The second-order valence-electron chi connectivity index (χ2n) is 6.99. The number of sulfonamides is 1. The summed E-state index contributed by atoms with van der Waals surface area (Å²) in [7, 11) is -3.82. The number of fused-ring (bicyclic) bond motifs is 1. The number of hydrogen-bond acceptors (Lipinski definition) is 5. The molecule has 0 spiro atoms. The molecule has 28 heavy (non-hydrogen) atoms. The lowest BCUT2D eigenvalue weighted by atomic mass is 9.90. The number of carbonyl (C=O) groups excluding carboxylic acids is 1. The third-order valence-corrected chi connectivity index (χ3v) is 6.77. The molecule has 8 heteroatoms. The van der Waals surface area contributed by atoms with Crippen molar-refractivity contribution in [2.75, 3.05) is 0 Å². The number of hydrogen-bond donors (Lipinski definition) is 1. The van der Waals surface area contributed by atoms with Crippen molar-refractivity contribution in [3.63, 3.8) is 0 Å². The molecule has 0 unspecified atom stereocenters. The number of carbonyl (C=O) groups is 1. The maximum atomic E-state index is 13.4. The molecule has 0 fully saturated rings. The third kappa shape index (κ3) is 3.03. The zero-order valence-electron chi connectivity index (χ0n) is 15.0. The average molecular weight is 417 g/mol. The highest BCUT2D eigenvalue weighted by Crippen LogP contribution is 2.51. The van der Waals surface area contributed by atoms with E-state index in [4.69, 9.17) is 9.88 Å². The fourth-order valence-corrected chi connectivity index (χ4v) is 5.24. The Balaban J connectivity index is 1.98. The van der Waals surface area contributed by atoms with Crippen molar-refractivity contribution >= 4 is 27.3 Å². The van der Waals surface area contributed by atoms with Crippen LogP contribution in [-0.2, 0) is 20.4 Å². The van der Waals surface area contributed by atoms with Gasteiger partial charge in [0.15, 0.2) is 0 Å². The van der Waals surface area contributed by atoms with E-state index in [1.165, 1.54) is 35.6 Å². The van der Waals surface area contributed by atoms with Crippen LogP contribution >= 0.6 is 11.3 Å². The maximum absolute atomic E-state index is 13.4. The Hall–Kier alpha value is -2.55. The first-order valence-electron chi connectivity index (χ1n) is 8.38. The van der Waals surface area contributed by atoms with Crippen molar-refractivity contribution in [3.05, 3.63) is 64.8 Å². The van der Waals surface area contributed by atoms with Gasteiger partial charge in [0.2, 0.25) is 10.0 Å². The Bertz CT molecular complexity index is 1190. The number of benzene rings is 2. The highest BCUT2D eigenvalue weighted by Gasteiger charge is 2.43. The van der Waals surface area contributed by atoms with E-state index in [-0.39, 0.29) is 10.7 Å². The van der Waals surface area contributed by atoms with Gasteiger partial charge in [0.05, 0.1) is 4.90 Å². The number of primary sulfonamides is 1. The van der Waals surface area contributed by atoms with Gasteiger partial charge in [-0.15, -0.1) is 11.3 Å². The molecule has 1 aliphatic heterocycles. The molecule has 4 rings (SSSR count). The molecule has 0 saturated carbocycles. The summed E-state index contributed by atoms with van der Waals surface area (Å²) in [6, 6.07) is 12.2. The van der Waals surface area contributed by atoms with E-state index in [0.29, 0.717) is 4.88 Å². The van der Waals surface area contributed by atoms with Gasteiger partial charge >= 0.3 is 5.97 Å². The summed E-state index contributed by atoms with van der Waals surface area (Å²) >= 11 is 1.28. The zero-order valence-corrected chi connectivity index (χ0v) is 16.7. The minimum Gasteiger partial charge on any atom is -0.450 e. The highest BCUT2D eigenvalue weighted by molar-refractivity contribution is 7.89. The van der Waals surface area contributed by atoms with Gasteiger partial charge in [-0.2, -0.15) is 0 Å². The minimum atomic E-state index is -3.82. The minimum absolute atomic E-state index is 0.00181. The van der Waals surface area contributed by atoms with E-state index in [9.17, 15) is 17.6 Å². The smallest absolute Gasteiger partial charge is 0.349 e. The van der Waals surface area contributed by atoms with Crippen LogP contribution in [-0.4, -0.2) is 14.4 Å². The molecule has 0 aliphatic carbocycles. The van der Waals surface area contributed by atoms with Crippen LogP contribution in [0.15, 0.2) is 53.4 Å². The van der Waals surface area contributed by atoms with E-state index in [2.05, 4.69) is 0 Å². The molecule has 2 aromatic carbocycles. The Morgan fingerprint density at radius 3 is 2.11 bits per heavy atom. The molecule has 3 aromatic rings. The number of rotatable bonds is 3. The maximum Gasteiger partial charge on any atom is 0.349 e. The molecule has 0 amide bonds. The van der Waals surface area contributed by atoms with Gasteiger partial charge in [-0.3, -0.25) is 0 Å². The van der Waals surface area contributed by atoms with Gasteiger partial charge in [-0.1, -0.05) is 24.3 Å². The summed E-state index contributed by atoms with van der Waals surface area (Å²) in [5, 5.41) is 5.19. The summed E-state index contributed by atoms with van der Waals surface area (Å²) in [5.41, 5.74) is 2.15. The number of thiophene rings is 1. The van der Waals surface area contributed by atoms with Crippen LogP contribution in [0.25, 0.3) is 21.6 Å². The molecule has 1 aromatic heterocycles. The van der Waals surface area contributed by atoms with Gasteiger partial charge in [-0.25, -0.2) is 22.7 Å². The molecule has 0 saturated heterocycles. The van der Waals surface area contributed by atoms with Crippen molar-refractivity contribution in [2.45, 2.75) is 24.3 Å². The fraction of sp³-hybridized carbons (Fsp3) is 0.150. The SMILES string of the molecule is CC1(C)OC(=O)c2sc(-c3ccc(F)cc3)c(-c3ccc(S(N)(=O)=O)cc3)c21. The largest absolute Gasteiger partial charge is 0.450 e. The second-order valence-corrected chi connectivity index (χ2v) is 9.57. The van der Waals surface area contributed by atoms with Crippen molar-refractivity contribution in [1.82, 2.24) is 0 Å².